The summed E-state index contributed by atoms with van der Waals surface area (Å²) in [6.45, 7) is 11.5. The number of thioether (sulfide) groups is 1. The van der Waals surface area contributed by atoms with Crippen LogP contribution in [0.15, 0.2) is 0 Å². The zero-order valence-electron chi connectivity index (χ0n) is 26.0. The molecule has 0 amide bonds. The first-order chi connectivity index (χ1) is 20.0. The standard InChI is InChI=1S/C27H56O12SSi/c1-6-8-32-9-10-33-11-12-34-13-14-35-15-16-36-17-18-37-19-20-38-21-22-39-27(28)26(2)25-40-23-7-24-41(29-3,30-4)31-5/h26H,6-25H2,1-5H3. The molecule has 0 spiro atoms. The smallest absolute Gasteiger partial charge is 0.463 e. The maximum Gasteiger partial charge on any atom is 0.500 e. The molecule has 0 aromatic heterocycles. The van der Waals surface area contributed by atoms with Gasteiger partial charge in [0.15, 0.2) is 0 Å². The molecular formula is C27H56O12SSi. The lowest BCUT2D eigenvalue weighted by molar-refractivity contribution is -0.148. The predicted octanol–water partition coefficient (Wildman–Crippen LogP) is 2.69. The maximum absolute atomic E-state index is 12.1. The van der Waals surface area contributed by atoms with Crippen LogP contribution >= 0.6 is 11.8 Å². The minimum Gasteiger partial charge on any atom is -0.463 e. The number of ether oxygens (including phenoxy) is 8. The van der Waals surface area contributed by atoms with Crippen LogP contribution in [0.3, 0.4) is 0 Å². The van der Waals surface area contributed by atoms with Gasteiger partial charge in [-0.3, -0.25) is 4.79 Å². The van der Waals surface area contributed by atoms with Gasteiger partial charge in [-0.1, -0.05) is 13.8 Å². The van der Waals surface area contributed by atoms with Crippen molar-refractivity contribution in [1.29, 1.82) is 0 Å². The van der Waals surface area contributed by atoms with Gasteiger partial charge in [-0.05, 0) is 18.6 Å². The van der Waals surface area contributed by atoms with Crippen molar-refractivity contribution in [2.45, 2.75) is 32.7 Å². The summed E-state index contributed by atoms with van der Waals surface area (Å²) in [6, 6.07) is 0.746. The minimum absolute atomic E-state index is 0.178. The Morgan fingerprint density at radius 1 is 0.610 bits per heavy atom. The summed E-state index contributed by atoms with van der Waals surface area (Å²) in [5.74, 6) is 1.20. The summed E-state index contributed by atoms with van der Waals surface area (Å²) in [7, 11) is 2.32. The summed E-state index contributed by atoms with van der Waals surface area (Å²) >= 11 is 1.71. The summed E-state index contributed by atoms with van der Waals surface area (Å²) in [5, 5.41) is 0. The highest BCUT2D eigenvalue weighted by Gasteiger charge is 2.36. The summed E-state index contributed by atoms with van der Waals surface area (Å²) in [4.78, 5) is 12.1. The topological polar surface area (TPSA) is 119 Å². The lowest BCUT2D eigenvalue weighted by atomic mass is 10.2. The van der Waals surface area contributed by atoms with Gasteiger partial charge in [0.1, 0.15) is 6.61 Å². The zero-order chi connectivity index (χ0) is 30.3. The van der Waals surface area contributed by atoms with Crippen LogP contribution in [0, 0.1) is 5.92 Å². The van der Waals surface area contributed by atoms with Crippen molar-refractivity contribution >= 4 is 26.5 Å². The number of carbonyl (C=O) groups is 1. The van der Waals surface area contributed by atoms with Gasteiger partial charge >= 0.3 is 14.8 Å². The second kappa shape index (κ2) is 31.1. The van der Waals surface area contributed by atoms with Crippen molar-refractivity contribution in [3.05, 3.63) is 0 Å². The summed E-state index contributed by atoms with van der Waals surface area (Å²) < 4.78 is 59.5. The monoisotopic (exact) mass is 632 g/mol. The molecule has 0 N–H and O–H groups in total. The Bertz CT molecular complexity index is 552. The molecule has 0 rings (SSSR count). The van der Waals surface area contributed by atoms with Crippen molar-refractivity contribution in [3.63, 3.8) is 0 Å². The lowest BCUT2D eigenvalue weighted by Gasteiger charge is -2.24. The number of esters is 1. The molecule has 1 atom stereocenters. The summed E-state index contributed by atoms with van der Waals surface area (Å²) in [5.41, 5.74) is 0. The third-order valence-corrected chi connectivity index (χ3v) is 9.67. The Morgan fingerprint density at radius 3 is 1.34 bits per heavy atom. The normalized spacial score (nSPS) is 12.6. The molecule has 41 heavy (non-hydrogen) atoms. The first-order valence-electron chi connectivity index (χ1n) is 14.5. The quantitative estimate of drug-likeness (QED) is 0.0600. The fraction of sp³-hybridized carbons (Fsp3) is 0.963. The predicted molar refractivity (Wildman–Crippen MR) is 160 cm³/mol. The van der Waals surface area contributed by atoms with Crippen LogP contribution in [0.25, 0.3) is 0 Å². The van der Waals surface area contributed by atoms with E-state index in [-0.39, 0.29) is 18.5 Å². The molecule has 0 saturated heterocycles. The van der Waals surface area contributed by atoms with E-state index in [4.69, 9.17) is 51.2 Å². The van der Waals surface area contributed by atoms with Crippen molar-refractivity contribution in [3.8, 4) is 0 Å². The van der Waals surface area contributed by atoms with Gasteiger partial charge in [0.05, 0.1) is 91.8 Å². The average Bonchev–Trinajstić information content (AvgIpc) is 2.99. The molecule has 1 unspecified atom stereocenters. The van der Waals surface area contributed by atoms with E-state index in [2.05, 4.69) is 6.92 Å². The van der Waals surface area contributed by atoms with E-state index in [0.29, 0.717) is 91.6 Å². The Kier molecular flexibility index (Phi) is 30.8. The first kappa shape index (κ1) is 40.6. The maximum atomic E-state index is 12.1. The van der Waals surface area contributed by atoms with Gasteiger partial charge < -0.3 is 51.2 Å². The molecule has 14 heteroatoms. The van der Waals surface area contributed by atoms with E-state index in [1.807, 2.05) is 6.92 Å². The average molecular weight is 633 g/mol. The van der Waals surface area contributed by atoms with Gasteiger partial charge in [0.2, 0.25) is 0 Å². The van der Waals surface area contributed by atoms with Crippen molar-refractivity contribution in [1.82, 2.24) is 0 Å². The SMILES string of the molecule is CCCOCCOCCOCCOCCOCCOCCOCCOC(=O)C(C)CSCCC[Si](OC)(OC)OC. The van der Waals surface area contributed by atoms with Crippen LogP contribution < -0.4 is 0 Å². The number of hydrogen-bond acceptors (Lipinski definition) is 13. The highest BCUT2D eigenvalue weighted by Crippen LogP contribution is 2.18. The number of rotatable bonds is 33. The fourth-order valence-corrected chi connectivity index (χ4v) is 6.17. The molecule has 0 aliphatic heterocycles. The molecule has 12 nitrogen and oxygen atoms in total. The Balaban J connectivity index is 3.34. The van der Waals surface area contributed by atoms with E-state index < -0.39 is 8.80 Å². The molecule has 0 fully saturated rings. The molecular weight excluding hydrogens is 576 g/mol. The largest absolute Gasteiger partial charge is 0.500 e. The third kappa shape index (κ3) is 25.8. The van der Waals surface area contributed by atoms with E-state index in [9.17, 15) is 4.79 Å². The Hall–Kier alpha value is -0.363. The third-order valence-electron chi connectivity index (χ3n) is 5.53. The first-order valence-corrected chi connectivity index (χ1v) is 17.6. The molecule has 246 valence electrons. The van der Waals surface area contributed by atoms with Gasteiger partial charge in [0.25, 0.3) is 0 Å². The van der Waals surface area contributed by atoms with E-state index in [1.54, 1.807) is 33.1 Å². The summed E-state index contributed by atoms with van der Waals surface area (Å²) in [6.07, 6.45) is 1.92. The molecule has 0 aliphatic rings. The van der Waals surface area contributed by atoms with Crippen LogP contribution in [-0.4, -0.2) is 147 Å². The van der Waals surface area contributed by atoms with Crippen molar-refractivity contribution in [2.24, 2.45) is 5.92 Å². The highest BCUT2D eigenvalue weighted by molar-refractivity contribution is 7.99. The van der Waals surface area contributed by atoms with Crippen molar-refractivity contribution in [2.75, 3.05) is 132 Å². The number of carbonyl (C=O) groups excluding carboxylic acids is 1. The molecule has 0 heterocycles. The Morgan fingerprint density at radius 2 is 0.976 bits per heavy atom. The van der Waals surface area contributed by atoms with E-state index in [0.717, 1.165) is 31.2 Å². The molecule has 0 radical (unpaired) electrons. The van der Waals surface area contributed by atoms with Crippen LogP contribution in [0.4, 0.5) is 0 Å². The van der Waals surface area contributed by atoms with E-state index >= 15 is 0 Å². The lowest BCUT2D eigenvalue weighted by Crippen LogP contribution is -2.42. The Labute approximate surface area is 253 Å². The molecule has 0 bridgehead atoms. The molecule has 0 aliphatic carbocycles. The van der Waals surface area contributed by atoms with Gasteiger partial charge in [-0.2, -0.15) is 11.8 Å². The minimum atomic E-state index is -2.52. The second-order valence-electron chi connectivity index (χ2n) is 8.83. The highest BCUT2D eigenvalue weighted by atomic mass is 32.2. The van der Waals surface area contributed by atoms with E-state index in [1.165, 1.54) is 0 Å². The second-order valence-corrected chi connectivity index (χ2v) is 13.1. The molecule has 0 saturated carbocycles. The number of hydrogen-bond donors (Lipinski definition) is 0. The van der Waals surface area contributed by atoms with Gasteiger partial charge in [-0.15, -0.1) is 0 Å². The van der Waals surface area contributed by atoms with Crippen LogP contribution in [0.1, 0.15) is 26.7 Å². The van der Waals surface area contributed by atoms with Crippen LogP contribution in [-0.2, 0) is 56.0 Å². The van der Waals surface area contributed by atoms with Gasteiger partial charge in [0, 0.05) is 39.7 Å². The molecule has 0 aromatic carbocycles. The van der Waals surface area contributed by atoms with Crippen LogP contribution in [0.5, 0.6) is 0 Å². The van der Waals surface area contributed by atoms with Gasteiger partial charge in [-0.25, -0.2) is 0 Å². The zero-order valence-corrected chi connectivity index (χ0v) is 27.8. The molecule has 0 aromatic rings. The fourth-order valence-electron chi connectivity index (χ4n) is 3.18. The van der Waals surface area contributed by atoms with Crippen LogP contribution in [0.2, 0.25) is 6.04 Å². The van der Waals surface area contributed by atoms with Crippen molar-refractivity contribution < 1.29 is 56.0 Å².